The Morgan fingerprint density at radius 3 is 2.44 bits per heavy atom. The van der Waals surface area contributed by atoms with Crippen LogP contribution < -0.4 is 5.32 Å². The first-order valence-electron chi connectivity index (χ1n) is 5.72. The molecule has 0 saturated heterocycles. The summed E-state index contributed by atoms with van der Waals surface area (Å²) in [5, 5.41) is 4.15. The summed E-state index contributed by atoms with van der Waals surface area (Å²) < 4.78 is 0. The van der Waals surface area contributed by atoms with Crippen molar-refractivity contribution in [3.8, 4) is 0 Å². The predicted molar refractivity (Wildman–Crippen MR) is 71.2 cm³/mol. The first-order valence-corrected chi connectivity index (χ1v) is 6.71. The van der Waals surface area contributed by atoms with Crippen molar-refractivity contribution in [1.82, 2.24) is 9.97 Å². The molecule has 1 rings (SSSR count). The molecular formula is C12H21N3S. The number of nitrogens with zero attached hydrogens (tertiary/aromatic N) is 2. The highest BCUT2D eigenvalue weighted by Crippen LogP contribution is 2.23. The van der Waals surface area contributed by atoms with Gasteiger partial charge < -0.3 is 5.32 Å². The van der Waals surface area contributed by atoms with Crippen molar-refractivity contribution in [2.75, 3.05) is 18.1 Å². The largest absolute Gasteiger partial charge is 0.373 e. The maximum absolute atomic E-state index is 4.56. The monoisotopic (exact) mass is 239 g/mol. The van der Waals surface area contributed by atoms with E-state index in [9.17, 15) is 0 Å². The second-order valence-electron chi connectivity index (χ2n) is 4.56. The maximum Gasteiger partial charge on any atom is 0.134 e. The molecule has 0 fully saturated rings. The minimum atomic E-state index is 0.367. The van der Waals surface area contributed by atoms with E-state index in [-0.39, 0.29) is 0 Å². The smallest absolute Gasteiger partial charge is 0.134 e. The van der Waals surface area contributed by atoms with Gasteiger partial charge >= 0.3 is 0 Å². The zero-order valence-electron chi connectivity index (χ0n) is 10.7. The predicted octanol–water partition coefficient (Wildman–Crippen LogP) is 3.39. The Labute approximate surface area is 102 Å². The van der Waals surface area contributed by atoms with Crippen LogP contribution in [0.15, 0.2) is 11.1 Å². The molecule has 0 radical (unpaired) electrons. The number of anilines is 1. The first kappa shape index (κ1) is 13.3. The van der Waals surface area contributed by atoms with Crippen LogP contribution in [0.4, 0.5) is 5.82 Å². The Morgan fingerprint density at radius 1 is 1.25 bits per heavy atom. The molecule has 1 aromatic heterocycles. The lowest BCUT2D eigenvalue weighted by molar-refractivity contribution is 0.741. The molecule has 1 aromatic rings. The number of thioether (sulfide) groups is 1. The molecule has 0 aliphatic carbocycles. The number of nitrogens with one attached hydrogen (secondary N) is 1. The van der Waals surface area contributed by atoms with E-state index in [1.165, 1.54) is 0 Å². The molecule has 0 aromatic carbocycles. The van der Waals surface area contributed by atoms with Gasteiger partial charge in [-0.2, -0.15) is 0 Å². The van der Waals surface area contributed by atoms with Crippen LogP contribution in [0.2, 0.25) is 0 Å². The Hall–Kier alpha value is -0.770. The van der Waals surface area contributed by atoms with Crippen molar-refractivity contribution in [1.29, 1.82) is 0 Å². The van der Waals surface area contributed by atoms with E-state index in [1.54, 1.807) is 11.8 Å². The third kappa shape index (κ3) is 4.00. The summed E-state index contributed by atoms with van der Waals surface area (Å²) >= 11 is 1.80. The molecule has 0 saturated carbocycles. The lowest BCUT2D eigenvalue weighted by atomic mass is 10.2. The van der Waals surface area contributed by atoms with Gasteiger partial charge in [-0.3, -0.25) is 0 Å². The molecule has 0 bridgehead atoms. The van der Waals surface area contributed by atoms with Crippen LogP contribution in [-0.2, 0) is 0 Å². The summed E-state index contributed by atoms with van der Waals surface area (Å²) in [6.07, 6.45) is 0. The van der Waals surface area contributed by atoms with Gasteiger partial charge in [0.25, 0.3) is 0 Å². The number of rotatable bonds is 5. The summed E-state index contributed by atoms with van der Waals surface area (Å²) in [5.74, 6) is 3.97. The Morgan fingerprint density at radius 2 is 1.94 bits per heavy atom. The number of hydrogen-bond acceptors (Lipinski definition) is 4. The van der Waals surface area contributed by atoms with Crippen LogP contribution in [0.25, 0.3) is 0 Å². The summed E-state index contributed by atoms with van der Waals surface area (Å²) in [6.45, 7) is 8.67. The molecule has 4 heteroatoms. The molecule has 0 atom stereocenters. The second-order valence-corrected chi connectivity index (χ2v) is 5.60. The summed E-state index contributed by atoms with van der Waals surface area (Å²) in [6, 6.07) is 2.01. The maximum atomic E-state index is 4.56. The van der Waals surface area contributed by atoms with Crippen molar-refractivity contribution >= 4 is 17.6 Å². The highest BCUT2D eigenvalue weighted by atomic mass is 32.2. The van der Waals surface area contributed by atoms with Crippen LogP contribution in [0, 0.1) is 5.92 Å². The summed E-state index contributed by atoms with van der Waals surface area (Å²) in [4.78, 5) is 9.01. The van der Waals surface area contributed by atoms with Gasteiger partial charge in [0.2, 0.25) is 0 Å². The van der Waals surface area contributed by atoms with Crippen molar-refractivity contribution in [3.05, 3.63) is 11.9 Å². The average molecular weight is 239 g/mol. The summed E-state index contributed by atoms with van der Waals surface area (Å²) in [7, 11) is 1.89. The average Bonchev–Trinajstić information content (AvgIpc) is 2.25. The van der Waals surface area contributed by atoms with E-state index < -0.39 is 0 Å². The molecule has 16 heavy (non-hydrogen) atoms. The first-order chi connectivity index (χ1) is 7.52. The highest BCUT2D eigenvalue weighted by molar-refractivity contribution is 7.99. The van der Waals surface area contributed by atoms with Gasteiger partial charge in [-0.05, 0) is 5.92 Å². The molecule has 1 heterocycles. The van der Waals surface area contributed by atoms with Crippen LogP contribution in [0.3, 0.4) is 0 Å². The fourth-order valence-electron chi connectivity index (χ4n) is 1.16. The molecule has 0 aliphatic heterocycles. The van der Waals surface area contributed by atoms with E-state index in [0.29, 0.717) is 11.8 Å². The van der Waals surface area contributed by atoms with E-state index in [1.807, 2.05) is 13.1 Å². The van der Waals surface area contributed by atoms with Crippen molar-refractivity contribution in [3.63, 3.8) is 0 Å². The molecule has 0 spiro atoms. The van der Waals surface area contributed by atoms with Crippen molar-refractivity contribution in [2.45, 2.75) is 38.6 Å². The fraction of sp³-hybridized carbons (Fsp3) is 0.667. The van der Waals surface area contributed by atoms with Crippen LogP contribution in [0.5, 0.6) is 0 Å². The van der Waals surface area contributed by atoms with Gasteiger partial charge in [-0.25, -0.2) is 9.97 Å². The molecular weight excluding hydrogens is 218 g/mol. The third-order valence-electron chi connectivity index (χ3n) is 2.06. The van der Waals surface area contributed by atoms with E-state index >= 15 is 0 Å². The highest BCUT2D eigenvalue weighted by Gasteiger charge is 2.08. The van der Waals surface area contributed by atoms with Gasteiger partial charge in [0, 0.05) is 24.8 Å². The molecule has 1 N–H and O–H groups in total. The quantitative estimate of drug-likeness (QED) is 0.631. The van der Waals surface area contributed by atoms with Gasteiger partial charge in [0.15, 0.2) is 0 Å². The van der Waals surface area contributed by atoms with Crippen LogP contribution in [0.1, 0.15) is 39.4 Å². The van der Waals surface area contributed by atoms with E-state index in [0.717, 1.165) is 22.4 Å². The van der Waals surface area contributed by atoms with Crippen molar-refractivity contribution in [2.24, 2.45) is 5.92 Å². The Bertz CT molecular complexity index is 337. The Kier molecular flexibility index (Phi) is 5.06. The van der Waals surface area contributed by atoms with E-state index in [2.05, 4.69) is 43.0 Å². The SMILES string of the molecule is CNc1cc(SCC(C)C)nc(C(C)C)n1. The zero-order chi connectivity index (χ0) is 12.1. The molecule has 90 valence electrons. The fourth-order valence-corrected chi connectivity index (χ4v) is 2.01. The number of aromatic nitrogens is 2. The van der Waals surface area contributed by atoms with Gasteiger partial charge in [0.1, 0.15) is 16.7 Å². The minimum absolute atomic E-state index is 0.367. The molecule has 3 nitrogen and oxygen atoms in total. The van der Waals surface area contributed by atoms with Crippen LogP contribution >= 0.6 is 11.8 Å². The van der Waals surface area contributed by atoms with Gasteiger partial charge in [-0.1, -0.05) is 27.7 Å². The molecule has 0 amide bonds. The standard InChI is InChI=1S/C12H21N3S/c1-8(2)7-16-11-6-10(13-5)14-12(15-11)9(3)4/h6,8-9H,7H2,1-5H3,(H,13,14,15). The zero-order valence-corrected chi connectivity index (χ0v) is 11.6. The van der Waals surface area contributed by atoms with Gasteiger partial charge in [-0.15, -0.1) is 11.8 Å². The molecule has 0 aliphatic rings. The van der Waals surface area contributed by atoms with E-state index in [4.69, 9.17) is 0 Å². The minimum Gasteiger partial charge on any atom is -0.373 e. The van der Waals surface area contributed by atoms with Crippen LogP contribution in [-0.4, -0.2) is 22.8 Å². The second kappa shape index (κ2) is 6.09. The van der Waals surface area contributed by atoms with Gasteiger partial charge in [0.05, 0.1) is 0 Å². The van der Waals surface area contributed by atoms with Crippen molar-refractivity contribution < 1.29 is 0 Å². The normalized spacial score (nSPS) is 11.2. The summed E-state index contributed by atoms with van der Waals surface area (Å²) in [5.41, 5.74) is 0. The molecule has 0 unspecified atom stereocenters. The topological polar surface area (TPSA) is 37.8 Å². The third-order valence-corrected chi connectivity index (χ3v) is 3.40. The number of hydrogen-bond donors (Lipinski definition) is 1. The lowest BCUT2D eigenvalue weighted by Gasteiger charge is -2.10. The lowest BCUT2D eigenvalue weighted by Crippen LogP contribution is -2.03. The Balaban J connectivity index is 2.86.